The molecular weight excluding hydrogens is 142 g/mol. The standard InChI is InChI=1S/C8H9NO2/c1-6-7-4-2-3-5-8(7)9(10)11-6/h2-6,10H,1H3/t6-/m0/s1. The van der Waals surface area contributed by atoms with Crippen molar-refractivity contribution in [3.63, 3.8) is 0 Å². The Hall–Kier alpha value is -1.06. The monoisotopic (exact) mass is 151 g/mol. The lowest BCUT2D eigenvalue weighted by molar-refractivity contribution is -0.0603. The second-order valence-electron chi connectivity index (χ2n) is 2.58. The van der Waals surface area contributed by atoms with Crippen LogP contribution in [0.4, 0.5) is 5.69 Å². The van der Waals surface area contributed by atoms with Crippen LogP contribution in [0.3, 0.4) is 0 Å². The number of hydrogen-bond acceptors (Lipinski definition) is 3. The average molecular weight is 151 g/mol. The predicted molar refractivity (Wildman–Crippen MR) is 40.2 cm³/mol. The third kappa shape index (κ3) is 0.895. The summed E-state index contributed by atoms with van der Waals surface area (Å²) < 4.78 is 0. The van der Waals surface area contributed by atoms with E-state index in [1.54, 1.807) is 0 Å². The first-order valence-corrected chi connectivity index (χ1v) is 3.54. The lowest BCUT2D eigenvalue weighted by Gasteiger charge is -2.06. The molecule has 0 aromatic heterocycles. The summed E-state index contributed by atoms with van der Waals surface area (Å²) in [5.74, 6) is 0. The molecule has 1 aliphatic heterocycles. The second kappa shape index (κ2) is 2.22. The molecule has 0 bridgehead atoms. The fourth-order valence-corrected chi connectivity index (χ4v) is 1.27. The Bertz CT molecular complexity index is 248. The van der Waals surface area contributed by atoms with E-state index in [9.17, 15) is 0 Å². The highest BCUT2D eigenvalue weighted by molar-refractivity contribution is 5.53. The number of anilines is 1. The van der Waals surface area contributed by atoms with Gasteiger partial charge in [0.15, 0.2) is 0 Å². The van der Waals surface area contributed by atoms with Crippen LogP contribution < -0.4 is 5.23 Å². The minimum atomic E-state index is -0.0452. The highest BCUT2D eigenvalue weighted by Gasteiger charge is 2.24. The van der Waals surface area contributed by atoms with Crippen molar-refractivity contribution in [3.05, 3.63) is 29.8 Å². The molecule has 1 aromatic carbocycles. The molecule has 0 radical (unpaired) electrons. The van der Waals surface area contributed by atoms with Crippen molar-refractivity contribution in [3.8, 4) is 0 Å². The third-order valence-corrected chi connectivity index (χ3v) is 1.84. The summed E-state index contributed by atoms with van der Waals surface area (Å²) in [6.07, 6.45) is -0.0452. The fourth-order valence-electron chi connectivity index (χ4n) is 1.27. The molecule has 1 aromatic rings. The van der Waals surface area contributed by atoms with E-state index < -0.39 is 0 Å². The Morgan fingerprint density at radius 1 is 1.45 bits per heavy atom. The van der Waals surface area contributed by atoms with Crippen molar-refractivity contribution in [1.29, 1.82) is 0 Å². The lowest BCUT2D eigenvalue weighted by Crippen LogP contribution is -2.11. The number of para-hydroxylation sites is 1. The Morgan fingerprint density at radius 2 is 2.18 bits per heavy atom. The molecule has 0 fully saturated rings. The maximum absolute atomic E-state index is 9.16. The lowest BCUT2D eigenvalue weighted by atomic mass is 10.1. The molecule has 58 valence electrons. The zero-order valence-electron chi connectivity index (χ0n) is 6.19. The highest BCUT2D eigenvalue weighted by Crippen LogP contribution is 2.35. The number of rotatable bonds is 0. The molecule has 3 nitrogen and oxygen atoms in total. The fraction of sp³-hybridized carbons (Fsp3) is 0.250. The minimum absolute atomic E-state index is 0.0452. The predicted octanol–water partition coefficient (Wildman–Crippen LogP) is 1.89. The van der Waals surface area contributed by atoms with E-state index in [-0.39, 0.29) is 6.10 Å². The summed E-state index contributed by atoms with van der Waals surface area (Å²) in [4.78, 5) is 5.02. The second-order valence-corrected chi connectivity index (χ2v) is 2.58. The van der Waals surface area contributed by atoms with Crippen LogP contribution in [0, 0.1) is 0 Å². The molecule has 0 aliphatic carbocycles. The summed E-state index contributed by atoms with van der Waals surface area (Å²) in [7, 11) is 0. The van der Waals surface area contributed by atoms with E-state index in [4.69, 9.17) is 10.0 Å². The first-order valence-electron chi connectivity index (χ1n) is 3.54. The van der Waals surface area contributed by atoms with Gasteiger partial charge in [-0.3, -0.25) is 5.21 Å². The summed E-state index contributed by atoms with van der Waals surface area (Å²) in [5, 5.41) is 9.98. The Balaban J connectivity index is 2.52. The number of benzene rings is 1. The van der Waals surface area contributed by atoms with E-state index in [0.29, 0.717) is 0 Å². The molecule has 0 spiro atoms. The molecule has 3 heteroatoms. The number of hydrogen-bond donors (Lipinski definition) is 1. The van der Waals surface area contributed by atoms with Crippen molar-refractivity contribution in [2.24, 2.45) is 0 Å². The van der Waals surface area contributed by atoms with Gasteiger partial charge in [-0.15, -0.1) is 5.23 Å². The maximum Gasteiger partial charge on any atom is 0.113 e. The molecule has 0 saturated heterocycles. The topological polar surface area (TPSA) is 32.7 Å². The van der Waals surface area contributed by atoms with Crippen LogP contribution in [0.25, 0.3) is 0 Å². The first kappa shape index (κ1) is 6.64. The normalized spacial score (nSPS) is 22.0. The zero-order chi connectivity index (χ0) is 7.84. The quantitative estimate of drug-likeness (QED) is 0.614. The molecule has 0 unspecified atom stereocenters. The van der Waals surface area contributed by atoms with E-state index in [2.05, 4.69) is 0 Å². The van der Waals surface area contributed by atoms with Gasteiger partial charge < -0.3 is 0 Å². The first-order chi connectivity index (χ1) is 5.29. The Labute approximate surface area is 64.7 Å². The maximum atomic E-state index is 9.16. The van der Waals surface area contributed by atoms with E-state index in [1.165, 1.54) is 0 Å². The molecule has 1 N–H and O–H groups in total. The van der Waals surface area contributed by atoms with Gasteiger partial charge in [-0.05, 0) is 13.0 Å². The van der Waals surface area contributed by atoms with Gasteiger partial charge in [0.2, 0.25) is 0 Å². The van der Waals surface area contributed by atoms with Crippen molar-refractivity contribution >= 4 is 5.69 Å². The number of nitrogens with zero attached hydrogens (tertiary/aromatic N) is 1. The molecule has 0 amide bonds. The molecular formula is C8H9NO2. The molecule has 1 aliphatic rings. The average Bonchev–Trinajstić information content (AvgIpc) is 2.30. The highest BCUT2D eigenvalue weighted by atomic mass is 16.9. The van der Waals surface area contributed by atoms with Crippen LogP contribution >= 0.6 is 0 Å². The van der Waals surface area contributed by atoms with Gasteiger partial charge in [-0.2, -0.15) is 0 Å². The van der Waals surface area contributed by atoms with E-state index in [0.717, 1.165) is 16.5 Å². The van der Waals surface area contributed by atoms with Crippen LogP contribution in [-0.4, -0.2) is 5.21 Å². The van der Waals surface area contributed by atoms with Crippen LogP contribution in [0.2, 0.25) is 0 Å². The van der Waals surface area contributed by atoms with Gasteiger partial charge in [0.1, 0.15) is 11.8 Å². The van der Waals surface area contributed by atoms with E-state index >= 15 is 0 Å². The van der Waals surface area contributed by atoms with Gasteiger partial charge >= 0.3 is 0 Å². The molecule has 1 atom stereocenters. The van der Waals surface area contributed by atoms with Crippen molar-refractivity contribution in [2.75, 3.05) is 5.23 Å². The summed E-state index contributed by atoms with van der Waals surface area (Å²) in [6, 6.07) is 7.55. The van der Waals surface area contributed by atoms with Crippen molar-refractivity contribution < 1.29 is 10.0 Å². The summed E-state index contributed by atoms with van der Waals surface area (Å²) >= 11 is 0. The van der Waals surface area contributed by atoms with Crippen molar-refractivity contribution in [1.82, 2.24) is 0 Å². The SMILES string of the molecule is C[C@@H]1ON(O)c2ccccc21. The van der Waals surface area contributed by atoms with Crippen LogP contribution in [0.1, 0.15) is 18.6 Å². The Kier molecular flexibility index (Phi) is 1.34. The molecule has 11 heavy (non-hydrogen) atoms. The van der Waals surface area contributed by atoms with Crippen LogP contribution in [0.5, 0.6) is 0 Å². The number of fused-ring (bicyclic) bond motifs is 1. The largest absolute Gasteiger partial charge is 0.264 e. The molecule has 2 rings (SSSR count). The third-order valence-electron chi connectivity index (χ3n) is 1.84. The molecule has 0 saturated carbocycles. The zero-order valence-corrected chi connectivity index (χ0v) is 6.19. The minimum Gasteiger partial charge on any atom is -0.264 e. The van der Waals surface area contributed by atoms with Crippen LogP contribution in [0.15, 0.2) is 24.3 Å². The van der Waals surface area contributed by atoms with Gasteiger partial charge in [-0.25, -0.2) is 4.84 Å². The molecule has 1 heterocycles. The van der Waals surface area contributed by atoms with Crippen molar-refractivity contribution in [2.45, 2.75) is 13.0 Å². The van der Waals surface area contributed by atoms with Gasteiger partial charge in [-0.1, -0.05) is 18.2 Å². The Morgan fingerprint density at radius 3 is 2.91 bits per heavy atom. The summed E-state index contributed by atoms with van der Waals surface area (Å²) in [6.45, 7) is 1.90. The van der Waals surface area contributed by atoms with Gasteiger partial charge in [0, 0.05) is 5.56 Å². The van der Waals surface area contributed by atoms with E-state index in [1.807, 2.05) is 31.2 Å². The smallest absolute Gasteiger partial charge is 0.113 e. The summed E-state index contributed by atoms with van der Waals surface area (Å²) in [5.41, 5.74) is 1.76. The van der Waals surface area contributed by atoms with Gasteiger partial charge in [0.25, 0.3) is 0 Å². The van der Waals surface area contributed by atoms with Crippen LogP contribution in [-0.2, 0) is 4.84 Å². The van der Waals surface area contributed by atoms with Gasteiger partial charge in [0.05, 0.1) is 0 Å².